The maximum Gasteiger partial charge on any atom is 0.408 e. The highest BCUT2D eigenvalue weighted by Crippen LogP contribution is 2.34. The average Bonchev–Trinajstić information content (AvgIpc) is 2.85. The van der Waals surface area contributed by atoms with Gasteiger partial charge in [0.2, 0.25) is 11.8 Å². The number of ether oxygens (including phenoxy) is 2. The van der Waals surface area contributed by atoms with Gasteiger partial charge in [0, 0.05) is 12.5 Å². The van der Waals surface area contributed by atoms with Crippen molar-refractivity contribution >= 4 is 23.9 Å². The van der Waals surface area contributed by atoms with Crippen LogP contribution in [0.25, 0.3) is 0 Å². The molecule has 0 aliphatic heterocycles. The van der Waals surface area contributed by atoms with Crippen molar-refractivity contribution in [1.82, 2.24) is 15.5 Å². The normalized spacial score (nSPS) is 14.8. The van der Waals surface area contributed by atoms with Crippen LogP contribution in [0.15, 0.2) is 54.6 Å². The van der Waals surface area contributed by atoms with Crippen LogP contribution in [0.5, 0.6) is 5.75 Å². The Morgan fingerprint density at radius 1 is 1.03 bits per heavy atom. The summed E-state index contributed by atoms with van der Waals surface area (Å²) in [5, 5.41) is 15.0. The van der Waals surface area contributed by atoms with Crippen LogP contribution in [0.1, 0.15) is 57.2 Å². The number of hydrogen-bond acceptors (Lipinski definition) is 7. The number of nitrogens with one attached hydrogen (secondary N) is 2. The monoisotopic (exact) mass is 539 g/mol. The number of carbonyl (C=O) groups excluding carboxylic acids is 4. The van der Waals surface area contributed by atoms with Gasteiger partial charge in [0.15, 0.2) is 0 Å². The van der Waals surface area contributed by atoms with Gasteiger partial charge in [-0.25, -0.2) is 4.79 Å². The van der Waals surface area contributed by atoms with E-state index < -0.39 is 41.6 Å². The minimum Gasteiger partial charge on any atom is -0.508 e. The number of aromatic hydroxyl groups is 1. The number of carbonyl (C=O) groups is 4. The minimum atomic E-state index is -1.07. The first-order valence-corrected chi connectivity index (χ1v) is 13.0. The van der Waals surface area contributed by atoms with Crippen LogP contribution in [0.3, 0.4) is 0 Å². The zero-order chi connectivity index (χ0) is 28.6. The summed E-state index contributed by atoms with van der Waals surface area (Å²) in [7, 11) is 1.23. The number of phenols is 1. The van der Waals surface area contributed by atoms with Gasteiger partial charge in [-0.3, -0.25) is 14.4 Å². The number of benzene rings is 2. The van der Waals surface area contributed by atoms with Crippen molar-refractivity contribution < 1.29 is 33.8 Å². The van der Waals surface area contributed by atoms with Crippen molar-refractivity contribution in [3.63, 3.8) is 0 Å². The number of alkyl carbamates (subject to hydrolysis) is 1. The molecule has 0 aromatic heterocycles. The molecule has 10 heteroatoms. The second kappa shape index (κ2) is 13.1. The second-order valence-electron chi connectivity index (χ2n) is 10.5. The highest BCUT2D eigenvalue weighted by Gasteiger charge is 2.42. The third-order valence-corrected chi connectivity index (χ3v) is 6.36. The molecule has 3 N–H and O–H groups in total. The first kappa shape index (κ1) is 29.5. The summed E-state index contributed by atoms with van der Waals surface area (Å²) in [5.74, 6) is -1.54. The second-order valence-corrected chi connectivity index (χ2v) is 10.5. The van der Waals surface area contributed by atoms with Gasteiger partial charge < -0.3 is 30.1 Å². The number of rotatable bonds is 10. The van der Waals surface area contributed by atoms with Gasteiger partial charge in [0.05, 0.1) is 7.11 Å². The summed E-state index contributed by atoms with van der Waals surface area (Å²) in [5.41, 5.74) is 0.479. The van der Waals surface area contributed by atoms with E-state index in [1.807, 2.05) is 0 Å². The molecule has 210 valence electrons. The standard InChI is InChI=1S/C29H37N3O7/c1-29(2,3)39-28(37)31-23(17-19-13-15-22(33)16-14-19)27(36)32(21-11-8-12-21)25(20-9-6-5-7-10-20)26(35)30-18-24(34)38-4/h5-7,9-10,13-16,21,23,25,33H,8,11-12,17-18H2,1-4H3,(H,30,35)(H,31,37). The van der Waals surface area contributed by atoms with Crippen LogP contribution in [-0.2, 0) is 30.3 Å². The number of hydrogen-bond donors (Lipinski definition) is 3. The molecule has 3 amide bonds. The van der Waals surface area contributed by atoms with Gasteiger partial charge in [-0.15, -0.1) is 0 Å². The third-order valence-electron chi connectivity index (χ3n) is 6.36. The molecule has 0 spiro atoms. The van der Waals surface area contributed by atoms with E-state index in [0.29, 0.717) is 24.0 Å². The summed E-state index contributed by atoms with van der Waals surface area (Å²) >= 11 is 0. The van der Waals surface area contributed by atoms with Gasteiger partial charge in [-0.05, 0) is 63.3 Å². The van der Waals surface area contributed by atoms with Crippen molar-refractivity contribution in [3.05, 3.63) is 65.7 Å². The van der Waals surface area contributed by atoms with Crippen molar-refractivity contribution in [2.45, 2.75) is 70.2 Å². The Kier molecular flexibility index (Phi) is 9.92. The molecule has 0 bridgehead atoms. The molecule has 1 aliphatic carbocycles. The Balaban J connectivity index is 1.99. The van der Waals surface area contributed by atoms with E-state index in [-0.39, 0.29) is 24.8 Å². The van der Waals surface area contributed by atoms with Gasteiger partial charge in [-0.2, -0.15) is 0 Å². The molecule has 1 aliphatic rings. The molecule has 0 radical (unpaired) electrons. The molecule has 1 fully saturated rings. The lowest BCUT2D eigenvalue weighted by Gasteiger charge is -2.43. The van der Waals surface area contributed by atoms with Crippen LogP contribution < -0.4 is 10.6 Å². The highest BCUT2D eigenvalue weighted by atomic mass is 16.6. The molecule has 10 nitrogen and oxygen atoms in total. The maximum atomic E-state index is 14.3. The maximum absolute atomic E-state index is 14.3. The molecule has 1 saturated carbocycles. The molecule has 0 heterocycles. The first-order valence-electron chi connectivity index (χ1n) is 13.0. The highest BCUT2D eigenvalue weighted by molar-refractivity contribution is 5.93. The SMILES string of the molecule is COC(=O)CNC(=O)C(c1ccccc1)N(C(=O)C(Cc1ccc(O)cc1)NC(=O)OC(C)(C)C)C1CCC1. The lowest BCUT2D eigenvalue weighted by Crippen LogP contribution is -2.58. The van der Waals surface area contributed by atoms with E-state index in [2.05, 4.69) is 15.4 Å². The molecule has 3 rings (SSSR count). The van der Waals surface area contributed by atoms with E-state index in [9.17, 15) is 24.3 Å². The number of nitrogens with zero attached hydrogens (tertiary/aromatic N) is 1. The summed E-state index contributed by atoms with van der Waals surface area (Å²) in [6, 6.07) is 12.8. The Morgan fingerprint density at radius 2 is 1.67 bits per heavy atom. The Morgan fingerprint density at radius 3 is 2.21 bits per heavy atom. The molecular formula is C29H37N3O7. The Labute approximate surface area is 228 Å². The van der Waals surface area contributed by atoms with Crippen LogP contribution in [-0.4, -0.2) is 65.2 Å². The smallest absolute Gasteiger partial charge is 0.408 e. The Hall–Kier alpha value is -4.08. The van der Waals surface area contributed by atoms with Crippen molar-refractivity contribution in [2.75, 3.05) is 13.7 Å². The molecule has 39 heavy (non-hydrogen) atoms. The van der Waals surface area contributed by atoms with Gasteiger partial charge >= 0.3 is 12.1 Å². The quantitative estimate of drug-likeness (QED) is 0.395. The summed E-state index contributed by atoms with van der Waals surface area (Å²) in [6.45, 7) is 4.82. The van der Waals surface area contributed by atoms with E-state index in [1.165, 1.54) is 24.1 Å². The summed E-state index contributed by atoms with van der Waals surface area (Å²) < 4.78 is 10.1. The van der Waals surface area contributed by atoms with E-state index in [0.717, 1.165) is 6.42 Å². The van der Waals surface area contributed by atoms with Gasteiger partial charge in [0.25, 0.3) is 0 Å². The molecular weight excluding hydrogens is 502 g/mol. The fourth-order valence-electron chi connectivity index (χ4n) is 4.28. The fourth-order valence-corrected chi connectivity index (χ4v) is 4.28. The summed E-state index contributed by atoms with van der Waals surface area (Å²) in [4.78, 5) is 53.9. The number of esters is 1. The molecule has 2 aromatic carbocycles. The molecule has 2 unspecified atom stereocenters. The Bertz CT molecular complexity index is 1140. The van der Waals surface area contributed by atoms with E-state index in [4.69, 9.17) is 4.74 Å². The van der Waals surface area contributed by atoms with E-state index >= 15 is 0 Å². The van der Waals surface area contributed by atoms with Gasteiger partial charge in [-0.1, -0.05) is 42.5 Å². The molecule has 0 saturated heterocycles. The predicted molar refractivity (Wildman–Crippen MR) is 144 cm³/mol. The lowest BCUT2D eigenvalue weighted by atomic mass is 9.87. The molecule has 2 aromatic rings. The number of amides is 3. The van der Waals surface area contributed by atoms with Crippen molar-refractivity contribution in [3.8, 4) is 5.75 Å². The van der Waals surface area contributed by atoms with Crippen LogP contribution in [0.4, 0.5) is 4.79 Å². The van der Waals surface area contributed by atoms with Crippen molar-refractivity contribution in [1.29, 1.82) is 0 Å². The van der Waals surface area contributed by atoms with Crippen LogP contribution in [0.2, 0.25) is 0 Å². The van der Waals surface area contributed by atoms with Crippen LogP contribution >= 0.6 is 0 Å². The predicted octanol–water partition coefficient (Wildman–Crippen LogP) is 3.24. The largest absolute Gasteiger partial charge is 0.508 e. The fraction of sp³-hybridized carbons (Fsp3) is 0.448. The number of methoxy groups -OCH3 is 1. The van der Waals surface area contributed by atoms with Gasteiger partial charge in [0.1, 0.15) is 30.0 Å². The van der Waals surface area contributed by atoms with E-state index in [1.54, 1.807) is 63.2 Å². The van der Waals surface area contributed by atoms with Crippen molar-refractivity contribution in [2.24, 2.45) is 0 Å². The van der Waals surface area contributed by atoms with Crippen LogP contribution in [0, 0.1) is 0 Å². The summed E-state index contributed by atoms with van der Waals surface area (Å²) in [6.07, 6.45) is 1.61. The third kappa shape index (κ3) is 8.46. The zero-order valence-electron chi connectivity index (χ0n) is 22.8. The number of phenolic OH excluding ortho intramolecular Hbond substituents is 1. The minimum absolute atomic E-state index is 0.0734. The average molecular weight is 540 g/mol. The first-order chi connectivity index (χ1) is 18.5. The molecule has 2 atom stereocenters. The zero-order valence-corrected chi connectivity index (χ0v) is 22.8. The lowest BCUT2D eigenvalue weighted by molar-refractivity contribution is -0.148. The topological polar surface area (TPSA) is 134 Å².